The lowest BCUT2D eigenvalue weighted by atomic mass is 10.1. The number of amides is 1. The monoisotopic (exact) mass is 393 g/mol. The predicted octanol–water partition coefficient (Wildman–Crippen LogP) is 2.47. The summed E-state index contributed by atoms with van der Waals surface area (Å²) in [6.45, 7) is 1.00. The molecule has 0 aliphatic carbocycles. The summed E-state index contributed by atoms with van der Waals surface area (Å²) in [5.41, 5.74) is 2.14. The second-order valence-electron chi connectivity index (χ2n) is 6.17. The number of anilines is 1. The maximum Gasteiger partial charge on any atom is 0.272 e. The fourth-order valence-corrected chi connectivity index (χ4v) is 2.68. The third-order valence-electron chi connectivity index (χ3n) is 4.22. The first-order chi connectivity index (χ1) is 14.2. The molecule has 3 aromatic rings. The first-order valence-corrected chi connectivity index (χ1v) is 9.16. The number of pyridine rings is 1. The molecule has 0 atom stereocenters. The van der Waals surface area contributed by atoms with Crippen LogP contribution in [0.1, 0.15) is 21.7 Å². The summed E-state index contributed by atoms with van der Waals surface area (Å²) in [4.78, 5) is 16.3. The minimum absolute atomic E-state index is 0.256. The number of aromatic nitrogens is 3. The number of methoxy groups -OCH3 is 2. The molecule has 1 aromatic carbocycles. The average molecular weight is 393 g/mol. The van der Waals surface area contributed by atoms with Crippen LogP contribution in [-0.2, 0) is 13.0 Å². The Morgan fingerprint density at radius 3 is 2.55 bits per heavy atom. The summed E-state index contributed by atoms with van der Waals surface area (Å²) >= 11 is 0. The Hall–Kier alpha value is -3.68. The molecule has 0 aliphatic heterocycles. The summed E-state index contributed by atoms with van der Waals surface area (Å²) in [7, 11) is 3.23. The molecular formula is C21H23N5O3. The second kappa shape index (κ2) is 10.0. The summed E-state index contributed by atoms with van der Waals surface area (Å²) in [6, 6.07) is 14.7. The molecule has 8 heteroatoms. The van der Waals surface area contributed by atoms with Crippen molar-refractivity contribution in [2.45, 2.75) is 13.0 Å². The molecule has 0 bridgehead atoms. The van der Waals surface area contributed by atoms with Gasteiger partial charge in [-0.2, -0.15) is 0 Å². The van der Waals surface area contributed by atoms with Crippen LogP contribution in [0.4, 0.5) is 5.82 Å². The van der Waals surface area contributed by atoms with E-state index in [0.717, 1.165) is 17.7 Å². The van der Waals surface area contributed by atoms with Gasteiger partial charge >= 0.3 is 0 Å². The van der Waals surface area contributed by atoms with Crippen molar-refractivity contribution in [1.29, 1.82) is 0 Å². The number of nitrogens with one attached hydrogen (secondary N) is 2. The number of hydrogen-bond acceptors (Lipinski definition) is 7. The maximum absolute atomic E-state index is 12.2. The molecule has 8 nitrogen and oxygen atoms in total. The minimum atomic E-state index is -0.292. The highest BCUT2D eigenvalue weighted by Crippen LogP contribution is 2.27. The number of carbonyl (C=O) groups is 1. The molecule has 0 saturated heterocycles. The molecule has 150 valence electrons. The van der Waals surface area contributed by atoms with E-state index in [-0.39, 0.29) is 11.6 Å². The highest BCUT2D eigenvalue weighted by Gasteiger charge is 2.09. The Morgan fingerprint density at radius 1 is 1.00 bits per heavy atom. The molecule has 3 rings (SSSR count). The minimum Gasteiger partial charge on any atom is -0.493 e. The molecule has 29 heavy (non-hydrogen) atoms. The van der Waals surface area contributed by atoms with E-state index in [4.69, 9.17) is 9.47 Å². The Balaban J connectivity index is 1.48. The van der Waals surface area contributed by atoms with Gasteiger partial charge in [-0.25, -0.2) is 0 Å². The number of ether oxygens (including phenoxy) is 2. The lowest BCUT2D eigenvalue weighted by molar-refractivity contribution is 0.0944. The van der Waals surface area contributed by atoms with Gasteiger partial charge < -0.3 is 20.1 Å². The van der Waals surface area contributed by atoms with Crippen LogP contribution in [0.25, 0.3) is 0 Å². The van der Waals surface area contributed by atoms with Crippen molar-refractivity contribution in [3.8, 4) is 11.5 Å². The fraction of sp³-hybridized carbons (Fsp3) is 0.238. The van der Waals surface area contributed by atoms with Gasteiger partial charge in [0.2, 0.25) is 0 Å². The van der Waals surface area contributed by atoms with Gasteiger partial charge in [0.1, 0.15) is 5.82 Å². The van der Waals surface area contributed by atoms with Gasteiger partial charge in [-0.3, -0.25) is 9.78 Å². The van der Waals surface area contributed by atoms with Crippen LogP contribution < -0.4 is 20.1 Å². The lowest BCUT2D eigenvalue weighted by Crippen LogP contribution is -2.24. The van der Waals surface area contributed by atoms with Crippen molar-refractivity contribution in [3.63, 3.8) is 0 Å². The molecular weight excluding hydrogens is 370 g/mol. The van der Waals surface area contributed by atoms with Crippen LogP contribution >= 0.6 is 0 Å². The Morgan fingerprint density at radius 2 is 1.86 bits per heavy atom. The third kappa shape index (κ3) is 5.65. The highest BCUT2D eigenvalue weighted by atomic mass is 16.5. The van der Waals surface area contributed by atoms with E-state index in [1.807, 2.05) is 36.4 Å². The van der Waals surface area contributed by atoms with Crippen LogP contribution in [0.2, 0.25) is 0 Å². The van der Waals surface area contributed by atoms with Crippen molar-refractivity contribution >= 4 is 11.7 Å². The average Bonchev–Trinajstić information content (AvgIpc) is 2.78. The van der Waals surface area contributed by atoms with Crippen molar-refractivity contribution < 1.29 is 14.3 Å². The second-order valence-corrected chi connectivity index (χ2v) is 6.17. The summed E-state index contributed by atoms with van der Waals surface area (Å²) in [5, 5.41) is 14.0. The Kier molecular flexibility index (Phi) is 6.94. The first kappa shape index (κ1) is 20.1. The molecule has 0 unspecified atom stereocenters. The Bertz CT molecular complexity index is 933. The zero-order valence-electron chi connectivity index (χ0n) is 16.4. The summed E-state index contributed by atoms with van der Waals surface area (Å²) in [6.07, 6.45) is 2.46. The molecule has 0 spiro atoms. The van der Waals surface area contributed by atoms with Gasteiger partial charge in [-0.05, 0) is 48.4 Å². The van der Waals surface area contributed by atoms with E-state index in [1.165, 1.54) is 0 Å². The number of nitrogens with zero attached hydrogens (tertiary/aromatic N) is 3. The molecule has 0 saturated carbocycles. The van der Waals surface area contributed by atoms with E-state index in [1.54, 1.807) is 32.5 Å². The van der Waals surface area contributed by atoms with Crippen LogP contribution in [0.15, 0.2) is 54.7 Å². The molecule has 2 N–H and O–H groups in total. The number of hydrogen-bond donors (Lipinski definition) is 2. The summed E-state index contributed by atoms with van der Waals surface area (Å²) in [5.74, 6) is 1.71. The number of benzene rings is 1. The molecule has 1 amide bonds. The van der Waals surface area contributed by atoms with Gasteiger partial charge in [0.15, 0.2) is 17.2 Å². The molecule has 0 aliphatic rings. The fourth-order valence-electron chi connectivity index (χ4n) is 2.68. The van der Waals surface area contributed by atoms with Gasteiger partial charge in [-0.15, -0.1) is 10.2 Å². The maximum atomic E-state index is 12.2. The van der Waals surface area contributed by atoms with Crippen molar-refractivity contribution in [3.05, 3.63) is 71.7 Å². The smallest absolute Gasteiger partial charge is 0.272 e. The van der Waals surface area contributed by atoms with E-state index < -0.39 is 0 Å². The van der Waals surface area contributed by atoms with Crippen LogP contribution in [-0.4, -0.2) is 41.9 Å². The number of rotatable bonds is 9. The van der Waals surface area contributed by atoms with Crippen LogP contribution in [0.5, 0.6) is 11.5 Å². The van der Waals surface area contributed by atoms with E-state index in [9.17, 15) is 4.79 Å². The van der Waals surface area contributed by atoms with E-state index in [0.29, 0.717) is 30.4 Å². The van der Waals surface area contributed by atoms with E-state index >= 15 is 0 Å². The molecule has 2 heterocycles. The predicted molar refractivity (Wildman–Crippen MR) is 109 cm³/mol. The van der Waals surface area contributed by atoms with Gasteiger partial charge in [0.25, 0.3) is 5.91 Å². The van der Waals surface area contributed by atoms with E-state index in [2.05, 4.69) is 25.8 Å². The normalized spacial score (nSPS) is 10.3. The Labute approximate surface area is 169 Å². The zero-order valence-corrected chi connectivity index (χ0v) is 16.4. The molecule has 2 aromatic heterocycles. The van der Waals surface area contributed by atoms with Crippen molar-refractivity contribution in [1.82, 2.24) is 20.5 Å². The highest BCUT2D eigenvalue weighted by molar-refractivity contribution is 5.92. The summed E-state index contributed by atoms with van der Waals surface area (Å²) < 4.78 is 10.6. The number of carbonyl (C=O) groups excluding carboxylic acids is 1. The lowest BCUT2D eigenvalue weighted by Gasteiger charge is -2.10. The third-order valence-corrected chi connectivity index (χ3v) is 4.22. The quantitative estimate of drug-likeness (QED) is 0.576. The largest absolute Gasteiger partial charge is 0.493 e. The van der Waals surface area contributed by atoms with Gasteiger partial charge in [0.05, 0.1) is 26.5 Å². The molecule has 0 radical (unpaired) electrons. The van der Waals surface area contributed by atoms with Gasteiger partial charge in [0, 0.05) is 12.7 Å². The topological polar surface area (TPSA) is 98.3 Å². The SMILES string of the molecule is COc1ccc(CCNc2ccc(C(=O)NCc3ccccn3)nn2)cc1OC. The zero-order chi connectivity index (χ0) is 20.5. The van der Waals surface area contributed by atoms with Crippen LogP contribution in [0, 0.1) is 0 Å². The van der Waals surface area contributed by atoms with Crippen molar-refractivity contribution in [2.75, 3.05) is 26.1 Å². The van der Waals surface area contributed by atoms with Gasteiger partial charge in [-0.1, -0.05) is 12.1 Å². The van der Waals surface area contributed by atoms with Crippen molar-refractivity contribution in [2.24, 2.45) is 0 Å². The standard InChI is InChI=1S/C21H23N5O3/c1-28-18-8-6-15(13-19(18)29-2)10-12-23-20-9-7-17(25-26-20)21(27)24-14-16-5-3-4-11-22-16/h3-9,11,13H,10,12,14H2,1-2H3,(H,23,26)(H,24,27). The first-order valence-electron chi connectivity index (χ1n) is 9.16. The molecule has 0 fully saturated rings. The van der Waals surface area contributed by atoms with Crippen LogP contribution in [0.3, 0.4) is 0 Å².